The van der Waals surface area contributed by atoms with Crippen LogP contribution < -0.4 is 0 Å². The van der Waals surface area contributed by atoms with Crippen LogP contribution in [-0.2, 0) is 4.84 Å². The fourth-order valence-corrected chi connectivity index (χ4v) is 2.64. The zero-order chi connectivity index (χ0) is 15.6. The summed E-state index contributed by atoms with van der Waals surface area (Å²) in [5, 5.41) is 4.24. The molecule has 1 atom stereocenters. The molecule has 1 aliphatic heterocycles. The molecule has 0 saturated carbocycles. The average Bonchev–Trinajstić information content (AvgIpc) is 2.95. The number of rotatable bonds is 3. The van der Waals surface area contributed by atoms with Crippen molar-refractivity contribution in [2.45, 2.75) is 39.7 Å². The van der Waals surface area contributed by atoms with E-state index in [1.807, 2.05) is 30.6 Å². The molecule has 1 aliphatic rings. The quantitative estimate of drug-likeness (QED) is 0.857. The Kier molecular flexibility index (Phi) is 3.92. The van der Waals surface area contributed by atoms with E-state index < -0.39 is 0 Å². The molecule has 3 rings (SSSR count). The van der Waals surface area contributed by atoms with Gasteiger partial charge in [0, 0.05) is 36.1 Å². The van der Waals surface area contributed by atoms with Gasteiger partial charge in [0.05, 0.1) is 11.4 Å². The van der Waals surface area contributed by atoms with E-state index in [0.29, 0.717) is 0 Å². The van der Waals surface area contributed by atoms with Gasteiger partial charge < -0.3 is 4.84 Å². The van der Waals surface area contributed by atoms with Gasteiger partial charge in [-0.1, -0.05) is 25.9 Å². The molecule has 2 aromatic rings. The standard InChI is InChI=1S/C18H21N3O/c1-18(2,3)10-15-9-17(21-22-15)14-6-7-16(20-12-14)13-5-4-8-19-11-13/h4-8,11-12,15H,9-10H2,1-3H3/t15-/m0/s1. The Morgan fingerprint density at radius 1 is 1.14 bits per heavy atom. The first kappa shape index (κ1) is 14.7. The summed E-state index contributed by atoms with van der Waals surface area (Å²) >= 11 is 0. The molecule has 0 fully saturated rings. The molecule has 0 radical (unpaired) electrons. The van der Waals surface area contributed by atoms with Crippen LogP contribution in [0.5, 0.6) is 0 Å². The van der Waals surface area contributed by atoms with Crippen molar-refractivity contribution in [2.24, 2.45) is 10.6 Å². The number of aromatic nitrogens is 2. The molecule has 0 unspecified atom stereocenters. The van der Waals surface area contributed by atoms with Crippen LogP contribution in [0.1, 0.15) is 39.2 Å². The highest BCUT2D eigenvalue weighted by Crippen LogP contribution is 2.28. The van der Waals surface area contributed by atoms with Crippen LogP contribution >= 0.6 is 0 Å². The van der Waals surface area contributed by atoms with Crippen LogP contribution in [0.3, 0.4) is 0 Å². The summed E-state index contributed by atoms with van der Waals surface area (Å²) in [6.07, 6.45) is 7.47. The second-order valence-corrected chi connectivity index (χ2v) is 6.91. The normalized spacial score (nSPS) is 18.0. The number of hydrogen-bond donors (Lipinski definition) is 0. The van der Waals surface area contributed by atoms with Crippen molar-refractivity contribution in [3.8, 4) is 11.3 Å². The first-order valence-electron chi connectivity index (χ1n) is 7.61. The molecule has 0 bridgehead atoms. The van der Waals surface area contributed by atoms with E-state index in [1.54, 1.807) is 6.20 Å². The lowest BCUT2D eigenvalue weighted by atomic mass is 9.87. The van der Waals surface area contributed by atoms with E-state index in [0.717, 1.165) is 35.4 Å². The molecule has 4 nitrogen and oxygen atoms in total. The van der Waals surface area contributed by atoms with Crippen molar-refractivity contribution >= 4 is 5.71 Å². The van der Waals surface area contributed by atoms with E-state index in [1.165, 1.54) is 0 Å². The van der Waals surface area contributed by atoms with Crippen LogP contribution in [0.4, 0.5) is 0 Å². The molecule has 22 heavy (non-hydrogen) atoms. The predicted molar refractivity (Wildman–Crippen MR) is 87.6 cm³/mol. The van der Waals surface area contributed by atoms with E-state index in [9.17, 15) is 0 Å². The fourth-order valence-electron chi connectivity index (χ4n) is 2.64. The predicted octanol–water partition coefficient (Wildman–Crippen LogP) is 4.07. The van der Waals surface area contributed by atoms with Gasteiger partial charge in [0.1, 0.15) is 6.10 Å². The molecule has 0 spiro atoms. The summed E-state index contributed by atoms with van der Waals surface area (Å²) in [7, 11) is 0. The van der Waals surface area contributed by atoms with E-state index in [-0.39, 0.29) is 11.5 Å². The Morgan fingerprint density at radius 3 is 2.64 bits per heavy atom. The number of pyridine rings is 2. The monoisotopic (exact) mass is 295 g/mol. The summed E-state index contributed by atoms with van der Waals surface area (Å²) in [6, 6.07) is 7.98. The Balaban J connectivity index is 1.70. The van der Waals surface area contributed by atoms with Gasteiger partial charge in [-0.2, -0.15) is 0 Å². The van der Waals surface area contributed by atoms with Crippen molar-refractivity contribution in [1.29, 1.82) is 0 Å². The minimum Gasteiger partial charge on any atom is -0.392 e. The largest absolute Gasteiger partial charge is 0.392 e. The van der Waals surface area contributed by atoms with Crippen molar-refractivity contribution in [3.05, 3.63) is 48.4 Å². The lowest BCUT2D eigenvalue weighted by Crippen LogP contribution is -2.18. The van der Waals surface area contributed by atoms with Crippen molar-refractivity contribution < 1.29 is 4.84 Å². The highest BCUT2D eigenvalue weighted by molar-refractivity contribution is 6.01. The Morgan fingerprint density at radius 2 is 2.00 bits per heavy atom. The molecular weight excluding hydrogens is 274 g/mol. The fraction of sp³-hybridized carbons (Fsp3) is 0.389. The molecule has 0 saturated heterocycles. The molecule has 0 amide bonds. The number of nitrogens with zero attached hydrogens (tertiary/aromatic N) is 3. The Bertz CT molecular complexity index is 657. The number of hydrogen-bond acceptors (Lipinski definition) is 4. The van der Waals surface area contributed by atoms with Gasteiger partial charge in [-0.05, 0) is 36.1 Å². The molecule has 0 aliphatic carbocycles. The van der Waals surface area contributed by atoms with Gasteiger partial charge in [-0.15, -0.1) is 0 Å². The summed E-state index contributed by atoms with van der Waals surface area (Å²) in [5.41, 5.74) is 4.20. The Hall–Kier alpha value is -2.23. The summed E-state index contributed by atoms with van der Waals surface area (Å²) in [4.78, 5) is 14.2. The highest BCUT2D eigenvalue weighted by atomic mass is 16.6. The minimum atomic E-state index is 0.174. The van der Waals surface area contributed by atoms with E-state index in [4.69, 9.17) is 4.84 Å². The van der Waals surface area contributed by atoms with Crippen molar-refractivity contribution in [1.82, 2.24) is 9.97 Å². The highest BCUT2D eigenvalue weighted by Gasteiger charge is 2.27. The minimum absolute atomic E-state index is 0.174. The maximum absolute atomic E-state index is 5.56. The van der Waals surface area contributed by atoms with Crippen LogP contribution in [-0.4, -0.2) is 21.8 Å². The summed E-state index contributed by atoms with van der Waals surface area (Å²) in [6.45, 7) is 6.66. The first-order valence-corrected chi connectivity index (χ1v) is 7.61. The van der Waals surface area contributed by atoms with Crippen LogP contribution in [0.15, 0.2) is 48.0 Å². The van der Waals surface area contributed by atoms with Crippen LogP contribution in [0, 0.1) is 5.41 Å². The first-order chi connectivity index (χ1) is 10.5. The Labute approximate surface area is 131 Å². The van der Waals surface area contributed by atoms with Crippen molar-refractivity contribution in [2.75, 3.05) is 0 Å². The van der Waals surface area contributed by atoms with Crippen LogP contribution in [0.25, 0.3) is 11.3 Å². The molecular formula is C18H21N3O. The van der Waals surface area contributed by atoms with Gasteiger partial charge in [-0.3, -0.25) is 9.97 Å². The zero-order valence-corrected chi connectivity index (χ0v) is 13.3. The van der Waals surface area contributed by atoms with Gasteiger partial charge in [0.25, 0.3) is 0 Å². The maximum atomic E-state index is 5.56. The van der Waals surface area contributed by atoms with Gasteiger partial charge >= 0.3 is 0 Å². The SMILES string of the molecule is CC(C)(C)C[C@@H]1CC(c2ccc(-c3cccnc3)nc2)=NO1. The molecule has 3 heterocycles. The molecule has 0 N–H and O–H groups in total. The maximum Gasteiger partial charge on any atom is 0.133 e. The lowest BCUT2D eigenvalue weighted by Gasteiger charge is -2.21. The second-order valence-electron chi connectivity index (χ2n) is 6.91. The molecule has 114 valence electrons. The third-order valence-electron chi connectivity index (χ3n) is 3.63. The zero-order valence-electron chi connectivity index (χ0n) is 13.3. The van der Waals surface area contributed by atoms with Gasteiger partial charge in [-0.25, -0.2) is 0 Å². The smallest absolute Gasteiger partial charge is 0.133 e. The molecule has 4 heteroatoms. The second kappa shape index (κ2) is 5.87. The van der Waals surface area contributed by atoms with Gasteiger partial charge in [0.15, 0.2) is 0 Å². The molecule has 2 aromatic heterocycles. The topological polar surface area (TPSA) is 47.4 Å². The third kappa shape index (κ3) is 3.50. The number of oxime groups is 1. The van der Waals surface area contributed by atoms with Gasteiger partial charge in [0.2, 0.25) is 0 Å². The average molecular weight is 295 g/mol. The lowest BCUT2D eigenvalue weighted by molar-refractivity contribution is 0.0540. The van der Waals surface area contributed by atoms with E-state index in [2.05, 4.69) is 42.0 Å². The summed E-state index contributed by atoms with van der Waals surface area (Å²) < 4.78 is 0. The third-order valence-corrected chi connectivity index (χ3v) is 3.63. The summed E-state index contributed by atoms with van der Waals surface area (Å²) in [5.74, 6) is 0. The van der Waals surface area contributed by atoms with Crippen LogP contribution in [0.2, 0.25) is 0 Å². The molecule has 0 aromatic carbocycles. The van der Waals surface area contributed by atoms with E-state index >= 15 is 0 Å². The van der Waals surface area contributed by atoms with Crippen molar-refractivity contribution in [3.63, 3.8) is 0 Å².